The lowest BCUT2D eigenvalue weighted by atomic mass is 9.98. The summed E-state index contributed by atoms with van der Waals surface area (Å²) in [5.74, 6) is 0.922. The Morgan fingerprint density at radius 1 is 1.17 bits per heavy atom. The number of nitrogens with zero attached hydrogens (tertiary/aromatic N) is 3. The minimum atomic E-state index is -0.152. The summed E-state index contributed by atoms with van der Waals surface area (Å²) in [6.45, 7) is 3.88. The molecule has 0 bridgehead atoms. The zero-order valence-electron chi connectivity index (χ0n) is 18.1. The van der Waals surface area contributed by atoms with E-state index in [0.29, 0.717) is 37.4 Å². The maximum absolute atomic E-state index is 12.9. The van der Waals surface area contributed by atoms with Gasteiger partial charge in [0.25, 0.3) is 0 Å². The van der Waals surface area contributed by atoms with E-state index in [1.54, 1.807) is 14.2 Å². The standard InChI is InChI=1S/C23H30N4O3/c1-15(2)24-20(28)14-27(3)23(29)17-10-12-18-19(13-11-17)25-21(26-22(18)30-4)16-8-6-5-7-9-16/h5-9,15,17H,10-14H2,1-4H3,(H,24,28). The molecule has 2 aromatic rings. The molecule has 160 valence electrons. The van der Waals surface area contributed by atoms with Crippen molar-refractivity contribution in [2.45, 2.75) is 45.6 Å². The number of rotatable bonds is 6. The summed E-state index contributed by atoms with van der Waals surface area (Å²) in [6, 6.07) is 9.87. The van der Waals surface area contributed by atoms with Gasteiger partial charge in [0.05, 0.1) is 19.3 Å². The Kier molecular flexibility index (Phi) is 7.03. The summed E-state index contributed by atoms with van der Waals surface area (Å²) < 4.78 is 5.56. The molecule has 1 aromatic carbocycles. The molecule has 0 saturated heterocycles. The van der Waals surface area contributed by atoms with Crippen molar-refractivity contribution in [1.82, 2.24) is 20.2 Å². The number of nitrogens with one attached hydrogen (secondary N) is 1. The van der Waals surface area contributed by atoms with Crippen LogP contribution < -0.4 is 10.1 Å². The predicted molar refractivity (Wildman–Crippen MR) is 115 cm³/mol. The van der Waals surface area contributed by atoms with E-state index in [4.69, 9.17) is 9.72 Å². The molecule has 1 aromatic heterocycles. The van der Waals surface area contributed by atoms with Crippen LogP contribution >= 0.6 is 0 Å². The van der Waals surface area contributed by atoms with Crippen molar-refractivity contribution in [3.8, 4) is 17.3 Å². The van der Waals surface area contributed by atoms with Crippen LogP contribution in [0.5, 0.6) is 5.88 Å². The first-order valence-corrected chi connectivity index (χ1v) is 10.4. The molecule has 0 saturated carbocycles. The van der Waals surface area contributed by atoms with Crippen molar-refractivity contribution < 1.29 is 14.3 Å². The summed E-state index contributed by atoms with van der Waals surface area (Å²) in [5, 5.41) is 2.83. The molecule has 1 aliphatic carbocycles. The topological polar surface area (TPSA) is 84.4 Å². The van der Waals surface area contributed by atoms with E-state index in [1.807, 2.05) is 44.2 Å². The molecule has 7 nitrogen and oxygen atoms in total. The van der Waals surface area contributed by atoms with Gasteiger partial charge in [-0.2, -0.15) is 4.98 Å². The lowest BCUT2D eigenvalue weighted by molar-refractivity contribution is -0.138. The summed E-state index contributed by atoms with van der Waals surface area (Å²) in [7, 11) is 3.31. The molecular formula is C23H30N4O3. The van der Waals surface area contributed by atoms with Crippen LogP contribution in [0, 0.1) is 5.92 Å². The van der Waals surface area contributed by atoms with E-state index in [1.165, 1.54) is 4.90 Å². The van der Waals surface area contributed by atoms with Crippen LogP contribution in [0.4, 0.5) is 0 Å². The van der Waals surface area contributed by atoms with Gasteiger partial charge in [0.15, 0.2) is 5.82 Å². The number of aryl methyl sites for hydroxylation is 1. The van der Waals surface area contributed by atoms with Crippen LogP contribution in [0.25, 0.3) is 11.4 Å². The molecule has 2 amide bonds. The second-order valence-corrected chi connectivity index (χ2v) is 8.04. The fourth-order valence-corrected chi connectivity index (χ4v) is 3.84. The van der Waals surface area contributed by atoms with Crippen LogP contribution in [-0.4, -0.2) is 53.4 Å². The van der Waals surface area contributed by atoms with E-state index in [9.17, 15) is 9.59 Å². The summed E-state index contributed by atoms with van der Waals surface area (Å²) in [5.41, 5.74) is 2.86. The van der Waals surface area contributed by atoms with E-state index in [-0.39, 0.29) is 30.3 Å². The van der Waals surface area contributed by atoms with Crippen molar-refractivity contribution in [2.75, 3.05) is 20.7 Å². The van der Waals surface area contributed by atoms with Crippen LogP contribution in [0.1, 0.15) is 37.9 Å². The molecule has 0 spiro atoms. The molecule has 0 aliphatic heterocycles. The van der Waals surface area contributed by atoms with Crippen molar-refractivity contribution in [3.63, 3.8) is 0 Å². The van der Waals surface area contributed by atoms with Crippen molar-refractivity contribution in [1.29, 1.82) is 0 Å². The highest BCUT2D eigenvalue weighted by molar-refractivity contribution is 5.85. The van der Waals surface area contributed by atoms with Gasteiger partial charge in [-0.3, -0.25) is 9.59 Å². The quantitative estimate of drug-likeness (QED) is 0.740. The number of likely N-dealkylation sites (N-methyl/N-ethyl adjacent to an activating group) is 1. The first kappa shape index (κ1) is 21.7. The number of aromatic nitrogens is 2. The fourth-order valence-electron chi connectivity index (χ4n) is 3.84. The minimum Gasteiger partial charge on any atom is -0.481 e. The molecule has 1 aliphatic rings. The highest BCUT2D eigenvalue weighted by Gasteiger charge is 2.28. The Hall–Kier alpha value is -2.96. The van der Waals surface area contributed by atoms with Crippen LogP contribution in [0.15, 0.2) is 30.3 Å². The maximum atomic E-state index is 12.9. The lowest BCUT2D eigenvalue weighted by Crippen LogP contribution is -2.42. The third-order valence-corrected chi connectivity index (χ3v) is 5.31. The smallest absolute Gasteiger partial charge is 0.239 e. The number of ether oxygens (including phenoxy) is 1. The first-order chi connectivity index (χ1) is 14.4. The Bertz CT molecular complexity index is 899. The molecular weight excluding hydrogens is 380 g/mol. The molecule has 3 rings (SSSR count). The number of methoxy groups -OCH3 is 1. The Morgan fingerprint density at radius 2 is 1.87 bits per heavy atom. The van der Waals surface area contributed by atoms with Gasteiger partial charge >= 0.3 is 0 Å². The second kappa shape index (κ2) is 9.69. The largest absolute Gasteiger partial charge is 0.481 e. The van der Waals surface area contributed by atoms with Gasteiger partial charge in [0.1, 0.15) is 0 Å². The second-order valence-electron chi connectivity index (χ2n) is 8.04. The molecule has 7 heteroatoms. The van der Waals surface area contributed by atoms with Gasteiger partial charge in [0.2, 0.25) is 17.7 Å². The van der Waals surface area contributed by atoms with Crippen molar-refractivity contribution in [3.05, 3.63) is 41.6 Å². The normalized spacial score (nSPS) is 15.8. The average Bonchev–Trinajstić information content (AvgIpc) is 2.95. The zero-order valence-corrected chi connectivity index (χ0v) is 18.1. The highest BCUT2D eigenvalue weighted by atomic mass is 16.5. The van der Waals surface area contributed by atoms with E-state index >= 15 is 0 Å². The Labute approximate surface area is 177 Å². The summed E-state index contributed by atoms with van der Waals surface area (Å²) in [6.07, 6.45) is 2.73. The van der Waals surface area contributed by atoms with Gasteiger partial charge in [0, 0.05) is 30.1 Å². The van der Waals surface area contributed by atoms with Gasteiger partial charge < -0.3 is 15.0 Å². The first-order valence-electron chi connectivity index (χ1n) is 10.4. The summed E-state index contributed by atoms with van der Waals surface area (Å²) >= 11 is 0. The number of fused-ring (bicyclic) bond motifs is 1. The van der Waals surface area contributed by atoms with E-state index < -0.39 is 0 Å². The number of hydrogen-bond donors (Lipinski definition) is 1. The van der Waals surface area contributed by atoms with Gasteiger partial charge in [-0.15, -0.1) is 0 Å². The molecule has 30 heavy (non-hydrogen) atoms. The van der Waals surface area contributed by atoms with Gasteiger partial charge in [-0.05, 0) is 39.5 Å². The monoisotopic (exact) mass is 410 g/mol. The van der Waals surface area contributed by atoms with Crippen molar-refractivity contribution in [2.24, 2.45) is 5.92 Å². The summed E-state index contributed by atoms with van der Waals surface area (Å²) in [4.78, 5) is 35.9. The molecule has 1 atom stereocenters. The Balaban J connectivity index is 1.74. The number of carbonyl (C=O) groups excluding carboxylic acids is 2. The van der Waals surface area contributed by atoms with Crippen LogP contribution in [0.2, 0.25) is 0 Å². The number of amides is 2. The van der Waals surface area contributed by atoms with Gasteiger partial charge in [-0.1, -0.05) is 30.3 Å². The third-order valence-electron chi connectivity index (χ3n) is 5.31. The van der Waals surface area contributed by atoms with Gasteiger partial charge in [-0.25, -0.2) is 4.98 Å². The highest BCUT2D eigenvalue weighted by Crippen LogP contribution is 2.31. The molecule has 1 unspecified atom stereocenters. The molecule has 0 radical (unpaired) electrons. The maximum Gasteiger partial charge on any atom is 0.239 e. The molecule has 1 N–H and O–H groups in total. The predicted octanol–water partition coefficient (Wildman–Crippen LogP) is 2.63. The van der Waals surface area contributed by atoms with Crippen LogP contribution in [-0.2, 0) is 22.4 Å². The van der Waals surface area contributed by atoms with Crippen LogP contribution in [0.3, 0.4) is 0 Å². The van der Waals surface area contributed by atoms with E-state index in [2.05, 4.69) is 10.3 Å². The molecule has 0 fully saturated rings. The Morgan fingerprint density at radius 3 is 2.53 bits per heavy atom. The minimum absolute atomic E-state index is 0.00285. The van der Waals surface area contributed by atoms with Crippen molar-refractivity contribution >= 4 is 11.8 Å². The van der Waals surface area contributed by atoms with E-state index in [0.717, 1.165) is 16.8 Å². The lowest BCUT2D eigenvalue weighted by Gasteiger charge is -2.23. The zero-order chi connectivity index (χ0) is 21.7. The average molecular weight is 411 g/mol. The molecule has 1 heterocycles. The number of hydrogen-bond acceptors (Lipinski definition) is 5. The SMILES string of the molecule is COc1nc(-c2ccccc2)nc2c1CCC(C(=O)N(C)CC(=O)NC(C)C)CC2. The number of benzene rings is 1. The fraction of sp³-hybridized carbons (Fsp3) is 0.478. The number of carbonyl (C=O) groups is 2. The third kappa shape index (κ3) is 5.14.